The summed E-state index contributed by atoms with van der Waals surface area (Å²) in [5.74, 6) is 1.89. The van der Waals surface area contributed by atoms with Crippen LogP contribution in [0, 0.1) is 17.8 Å². The largest absolute Gasteiger partial charge is 0.392 e. The Morgan fingerprint density at radius 3 is 2.56 bits per heavy atom. The van der Waals surface area contributed by atoms with Crippen LogP contribution >= 0.6 is 0 Å². The first-order valence-corrected chi connectivity index (χ1v) is 7.14. The summed E-state index contributed by atoms with van der Waals surface area (Å²) in [4.78, 5) is 2.37. The van der Waals surface area contributed by atoms with E-state index in [1.54, 1.807) is 0 Å². The van der Waals surface area contributed by atoms with E-state index in [1.807, 2.05) is 0 Å². The minimum Gasteiger partial charge on any atom is -0.392 e. The van der Waals surface area contributed by atoms with Crippen LogP contribution in [0.25, 0.3) is 0 Å². The molecule has 2 aliphatic rings. The molecule has 2 aliphatic carbocycles. The molecule has 2 fully saturated rings. The van der Waals surface area contributed by atoms with Gasteiger partial charge in [-0.25, -0.2) is 0 Å². The van der Waals surface area contributed by atoms with Crippen molar-refractivity contribution in [2.24, 2.45) is 17.8 Å². The molecule has 2 heteroatoms. The standard InChI is InChI=1S/C16H23NO/c1-17(10-12-5-3-2-4-6-12)11-15-13-7-8-14(9-13)16(15)18/h2-6,13-16,18H,7-11H2,1H3. The maximum Gasteiger partial charge on any atom is 0.0611 e. The molecule has 1 aromatic rings. The summed E-state index contributed by atoms with van der Waals surface area (Å²) in [6, 6.07) is 10.6. The third kappa shape index (κ3) is 2.32. The zero-order valence-corrected chi connectivity index (χ0v) is 11.1. The topological polar surface area (TPSA) is 23.5 Å². The van der Waals surface area contributed by atoms with Crippen molar-refractivity contribution in [3.8, 4) is 0 Å². The van der Waals surface area contributed by atoms with Crippen LogP contribution in [0.5, 0.6) is 0 Å². The fourth-order valence-electron chi connectivity index (χ4n) is 3.96. The lowest BCUT2D eigenvalue weighted by Crippen LogP contribution is -2.36. The van der Waals surface area contributed by atoms with E-state index in [4.69, 9.17) is 0 Å². The van der Waals surface area contributed by atoms with Crippen LogP contribution in [-0.4, -0.2) is 29.7 Å². The van der Waals surface area contributed by atoms with Crippen LogP contribution in [0.1, 0.15) is 24.8 Å². The first-order chi connectivity index (χ1) is 8.74. The molecule has 2 nitrogen and oxygen atoms in total. The molecule has 1 N–H and O–H groups in total. The van der Waals surface area contributed by atoms with E-state index in [0.29, 0.717) is 11.8 Å². The molecule has 18 heavy (non-hydrogen) atoms. The molecule has 4 unspecified atom stereocenters. The molecular formula is C16H23NO. The minimum atomic E-state index is -0.0398. The summed E-state index contributed by atoms with van der Waals surface area (Å²) in [6.45, 7) is 2.03. The van der Waals surface area contributed by atoms with Crippen LogP contribution < -0.4 is 0 Å². The first kappa shape index (κ1) is 12.2. The molecule has 0 aromatic heterocycles. The normalized spacial score (nSPS) is 34.4. The van der Waals surface area contributed by atoms with E-state index < -0.39 is 0 Å². The Bertz CT molecular complexity index is 389. The van der Waals surface area contributed by atoms with E-state index in [-0.39, 0.29) is 6.10 Å². The van der Waals surface area contributed by atoms with Gasteiger partial charge in [0.05, 0.1) is 6.10 Å². The Kier molecular flexibility index (Phi) is 3.40. The van der Waals surface area contributed by atoms with Gasteiger partial charge in [0.15, 0.2) is 0 Å². The van der Waals surface area contributed by atoms with Crippen LogP contribution in [0.2, 0.25) is 0 Å². The van der Waals surface area contributed by atoms with E-state index in [2.05, 4.69) is 42.3 Å². The van der Waals surface area contributed by atoms with Gasteiger partial charge in [-0.3, -0.25) is 0 Å². The summed E-state index contributed by atoms with van der Waals surface area (Å²) in [5.41, 5.74) is 1.36. The highest BCUT2D eigenvalue weighted by atomic mass is 16.3. The molecule has 0 heterocycles. The summed E-state index contributed by atoms with van der Waals surface area (Å²) in [6.07, 6.45) is 3.82. The highest BCUT2D eigenvalue weighted by Gasteiger charge is 2.46. The quantitative estimate of drug-likeness (QED) is 0.881. The van der Waals surface area contributed by atoms with Crippen molar-refractivity contribution in [1.29, 1.82) is 0 Å². The van der Waals surface area contributed by atoms with Gasteiger partial charge in [0, 0.05) is 19.0 Å². The number of aliphatic hydroxyl groups is 1. The van der Waals surface area contributed by atoms with Gasteiger partial charge in [-0.1, -0.05) is 30.3 Å². The average molecular weight is 245 g/mol. The Morgan fingerprint density at radius 1 is 1.17 bits per heavy atom. The second-order valence-corrected chi connectivity index (χ2v) is 6.17. The zero-order valence-electron chi connectivity index (χ0n) is 11.1. The molecule has 0 aliphatic heterocycles. The average Bonchev–Trinajstić information content (AvgIpc) is 2.94. The van der Waals surface area contributed by atoms with E-state index in [0.717, 1.165) is 19.0 Å². The summed E-state index contributed by atoms with van der Waals surface area (Å²) in [7, 11) is 2.17. The maximum absolute atomic E-state index is 10.3. The van der Waals surface area contributed by atoms with Gasteiger partial charge in [0.1, 0.15) is 0 Å². The van der Waals surface area contributed by atoms with Crippen LogP contribution in [-0.2, 0) is 6.54 Å². The van der Waals surface area contributed by atoms with E-state index >= 15 is 0 Å². The van der Waals surface area contributed by atoms with Crippen molar-refractivity contribution in [2.45, 2.75) is 31.9 Å². The van der Waals surface area contributed by atoms with Gasteiger partial charge >= 0.3 is 0 Å². The molecule has 2 saturated carbocycles. The van der Waals surface area contributed by atoms with Crippen LogP contribution in [0.15, 0.2) is 30.3 Å². The molecule has 0 amide bonds. The van der Waals surface area contributed by atoms with E-state index in [1.165, 1.54) is 24.8 Å². The minimum absolute atomic E-state index is 0.0398. The molecule has 0 radical (unpaired) electrons. The smallest absolute Gasteiger partial charge is 0.0611 e. The number of fused-ring (bicyclic) bond motifs is 2. The van der Waals surface area contributed by atoms with Crippen molar-refractivity contribution in [2.75, 3.05) is 13.6 Å². The zero-order chi connectivity index (χ0) is 12.5. The lowest BCUT2D eigenvalue weighted by Gasteiger charge is -2.31. The molecule has 98 valence electrons. The Hall–Kier alpha value is -0.860. The highest BCUT2D eigenvalue weighted by molar-refractivity contribution is 5.14. The first-order valence-electron chi connectivity index (χ1n) is 7.14. The summed E-state index contributed by atoms with van der Waals surface area (Å²) < 4.78 is 0. The van der Waals surface area contributed by atoms with Crippen molar-refractivity contribution >= 4 is 0 Å². The third-order valence-electron chi connectivity index (χ3n) is 4.86. The number of hydrogen-bond acceptors (Lipinski definition) is 2. The highest BCUT2D eigenvalue weighted by Crippen LogP contribution is 2.48. The molecule has 4 atom stereocenters. The third-order valence-corrected chi connectivity index (χ3v) is 4.86. The van der Waals surface area contributed by atoms with Crippen LogP contribution in [0.3, 0.4) is 0 Å². The Labute approximate surface area is 110 Å². The van der Waals surface area contributed by atoms with Crippen LogP contribution in [0.4, 0.5) is 0 Å². The molecule has 3 rings (SSSR count). The van der Waals surface area contributed by atoms with Crippen molar-refractivity contribution in [1.82, 2.24) is 4.90 Å². The SMILES string of the molecule is CN(Cc1ccccc1)CC1C2CCC(C2)C1O. The second-order valence-electron chi connectivity index (χ2n) is 6.17. The fraction of sp³-hybridized carbons (Fsp3) is 0.625. The number of hydrogen-bond donors (Lipinski definition) is 1. The maximum atomic E-state index is 10.3. The second kappa shape index (κ2) is 5.02. The Morgan fingerprint density at radius 2 is 1.89 bits per heavy atom. The number of nitrogens with zero attached hydrogens (tertiary/aromatic N) is 1. The van der Waals surface area contributed by atoms with Gasteiger partial charge < -0.3 is 10.0 Å². The number of benzene rings is 1. The van der Waals surface area contributed by atoms with Crippen molar-refractivity contribution in [3.63, 3.8) is 0 Å². The molecule has 0 spiro atoms. The predicted octanol–water partition coefficient (Wildman–Crippen LogP) is 2.53. The van der Waals surface area contributed by atoms with Gasteiger partial charge in [0.2, 0.25) is 0 Å². The number of rotatable bonds is 4. The summed E-state index contributed by atoms with van der Waals surface area (Å²) >= 11 is 0. The molecule has 2 bridgehead atoms. The lowest BCUT2D eigenvalue weighted by atomic mass is 9.86. The van der Waals surface area contributed by atoms with Gasteiger partial charge in [-0.05, 0) is 43.7 Å². The van der Waals surface area contributed by atoms with E-state index in [9.17, 15) is 5.11 Å². The summed E-state index contributed by atoms with van der Waals surface area (Å²) in [5, 5.41) is 10.3. The van der Waals surface area contributed by atoms with Gasteiger partial charge in [0.25, 0.3) is 0 Å². The van der Waals surface area contributed by atoms with Gasteiger partial charge in [-0.2, -0.15) is 0 Å². The van der Waals surface area contributed by atoms with Crippen molar-refractivity contribution < 1.29 is 5.11 Å². The fourth-order valence-corrected chi connectivity index (χ4v) is 3.96. The predicted molar refractivity (Wildman–Crippen MR) is 73.1 cm³/mol. The lowest BCUT2D eigenvalue weighted by molar-refractivity contribution is 0.0410. The Balaban J connectivity index is 1.57. The monoisotopic (exact) mass is 245 g/mol. The van der Waals surface area contributed by atoms with Gasteiger partial charge in [-0.15, -0.1) is 0 Å². The molecular weight excluding hydrogens is 222 g/mol. The van der Waals surface area contributed by atoms with Crippen molar-refractivity contribution in [3.05, 3.63) is 35.9 Å². The molecule has 0 saturated heterocycles. The number of aliphatic hydroxyl groups excluding tert-OH is 1. The molecule has 1 aromatic carbocycles.